The third kappa shape index (κ3) is 3.95. The summed E-state index contributed by atoms with van der Waals surface area (Å²) in [4.78, 5) is 26.8. The summed E-state index contributed by atoms with van der Waals surface area (Å²) in [5.41, 5.74) is 4.44. The van der Waals surface area contributed by atoms with Crippen LogP contribution in [-0.2, 0) is 13.1 Å². The maximum Gasteiger partial charge on any atom is 0.272 e. The second-order valence-corrected chi connectivity index (χ2v) is 8.34. The molecule has 3 heterocycles. The Balaban J connectivity index is 1.58. The molecule has 0 radical (unpaired) electrons. The van der Waals surface area contributed by atoms with Gasteiger partial charge in [-0.3, -0.25) is 14.3 Å². The van der Waals surface area contributed by atoms with Crippen molar-refractivity contribution in [3.63, 3.8) is 0 Å². The monoisotopic (exact) mass is 383 g/mol. The van der Waals surface area contributed by atoms with E-state index in [0.29, 0.717) is 12.2 Å². The molecule has 0 N–H and O–H groups in total. The van der Waals surface area contributed by atoms with Gasteiger partial charge in [-0.05, 0) is 38.6 Å². The van der Waals surface area contributed by atoms with E-state index in [1.54, 1.807) is 18.3 Å². The summed E-state index contributed by atoms with van der Waals surface area (Å²) in [5, 5.41) is 3.09. The number of likely N-dealkylation sites (N-methyl/N-ethyl adjacent to an activating group) is 1. The molecule has 0 amide bonds. The van der Waals surface area contributed by atoms with Crippen molar-refractivity contribution in [3.05, 3.63) is 55.9 Å². The number of benzene rings is 1. The zero-order valence-corrected chi connectivity index (χ0v) is 16.9. The van der Waals surface area contributed by atoms with Crippen LogP contribution in [0.3, 0.4) is 0 Å². The van der Waals surface area contributed by atoms with Gasteiger partial charge in [0.15, 0.2) is 0 Å². The highest BCUT2D eigenvalue weighted by molar-refractivity contribution is 7.09. The molecule has 6 nitrogen and oxygen atoms in total. The van der Waals surface area contributed by atoms with Gasteiger partial charge >= 0.3 is 0 Å². The van der Waals surface area contributed by atoms with Gasteiger partial charge in [-0.2, -0.15) is 0 Å². The van der Waals surface area contributed by atoms with Gasteiger partial charge in [-0.25, -0.2) is 9.97 Å². The molecule has 0 bridgehead atoms. The molecule has 0 aliphatic carbocycles. The lowest BCUT2D eigenvalue weighted by Gasteiger charge is -2.31. The summed E-state index contributed by atoms with van der Waals surface area (Å²) >= 11 is 1.63. The lowest BCUT2D eigenvalue weighted by Crippen LogP contribution is -2.43. The molecule has 142 valence electrons. The zero-order valence-electron chi connectivity index (χ0n) is 16.1. The highest BCUT2D eigenvalue weighted by atomic mass is 32.1. The number of hydrogen-bond acceptors (Lipinski definition) is 6. The van der Waals surface area contributed by atoms with E-state index < -0.39 is 0 Å². The Morgan fingerprint density at radius 1 is 1.07 bits per heavy atom. The average Bonchev–Trinajstić information content (AvgIpc) is 3.08. The minimum atomic E-state index is -0.0380. The number of fused-ring (bicyclic) bond motifs is 1. The van der Waals surface area contributed by atoms with Crippen molar-refractivity contribution in [3.8, 4) is 0 Å². The number of piperazine rings is 1. The lowest BCUT2D eigenvalue weighted by atomic mass is 10.2. The van der Waals surface area contributed by atoms with Crippen LogP contribution in [0.2, 0.25) is 0 Å². The smallest absolute Gasteiger partial charge is 0.272 e. The van der Waals surface area contributed by atoms with Crippen LogP contribution in [0.1, 0.15) is 22.0 Å². The largest absolute Gasteiger partial charge is 0.304 e. The van der Waals surface area contributed by atoms with E-state index in [9.17, 15) is 4.79 Å². The summed E-state index contributed by atoms with van der Waals surface area (Å²) in [6.07, 6.45) is 0. The van der Waals surface area contributed by atoms with Gasteiger partial charge in [0.1, 0.15) is 10.7 Å². The van der Waals surface area contributed by atoms with Gasteiger partial charge < -0.3 is 4.90 Å². The first-order valence-corrected chi connectivity index (χ1v) is 10.2. The number of hydrogen-bond donors (Lipinski definition) is 0. The minimum absolute atomic E-state index is 0.0380. The van der Waals surface area contributed by atoms with Crippen LogP contribution in [0.4, 0.5) is 0 Å². The Morgan fingerprint density at radius 2 is 1.85 bits per heavy atom. The number of rotatable bonds is 4. The molecular formula is C20H25N5OS. The van der Waals surface area contributed by atoms with E-state index >= 15 is 0 Å². The molecule has 0 spiro atoms. The summed E-state index contributed by atoms with van der Waals surface area (Å²) in [6, 6.07) is 6.04. The molecule has 1 saturated heterocycles. The molecular weight excluding hydrogens is 358 g/mol. The molecule has 1 aliphatic heterocycles. The summed E-state index contributed by atoms with van der Waals surface area (Å²) < 4.78 is 1.81. The predicted molar refractivity (Wildman–Crippen MR) is 109 cm³/mol. The molecule has 4 rings (SSSR count). The van der Waals surface area contributed by atoms with Crippen molar-refractivity contribution in [1.82, 2.24) is 24.3 Å². The Labute approximate surface area is 163 Å². The number of aromatic nitrogens is 3. The fraction of sp³-hybridized carbons (Fsp3) is 0.450. The second-order valence-electron chi connectivity index (χ2n) is 7.39. The van der Waals surface area contributed by atoms with E-state index in [1.807, 2.05) is 29.7 Å². The lowest BCUT2D eigenvalue weighted by molar-refractivity contribution is 0.147. The number of aryl methyl sites for hydroxylation is 2. The molecule has 1 fully saturated rings. The zero-order chi connectivity index (χ0) is 19.0. The van der Waals surface area contributed by atoms with Gasteiger partial charge in [0, 0.05) is 38.1 Å². The third-order valence-corrected chi connectivity index (χ3v) is 6.02. The molecule has 0 atom stereocenters. The third-order valence-electron chi connectivity index (χ3n) is 5.14. The Hall–Kier alpha value is -2.09. The van der Waals surface area contributed by atoms with Gasteiger partial charge in [0.05, 0.1) is 23.3 Å². The van der Waals surface area contributed by atoms with Crippen LogP contribution in [0.25, 0.3) is 11.0 Å². The summed E-state index contributed by atoms with van der Waals surface area (Å²) in [7, 11) is 2.17. The number of nitrogens with zero attached hydrogens (tertiary/aromatic N) is 5. The van der Waals surface area contributed by atoms with Crippen LogP contribution in [0, 0.1) is 13.8 Å². The summed E-state index contributed by atoms with van der Waals surface area (Å²) in [6.45, 7) is 9.56. The molecule has 1 aromatic carbocycles. The molecule has 1 aliphatic rings. The molecule has 27 heavy (non-hydrogen) atoms. The molecule has 0 saturated carbocycles. The Kier molecular flexibility index (Phi) is 5.08. The van der Waals surface area contributed by atoms with Crippen molar-refractivity contribution < 1.29 is 0 Å². The topological polar surface area (TPSA) is 54.3 Å². The molecule has 0 unspecified atom stereocenters. The normalized spacial score (nSPS) is 16.3. The first-order valence-electron chi connectivity index (χ1n) is 9.31. The molecule has 3 aromatic rings. The van der Waals surface area contributed by atoms with Crippen LogP contribution < -0.4 is 5.56 Å². The fourth-order valence-electron chi connectivity index (χ4n) is 3.50. The van der Waals surface area contributed by atoms with Crippen molar-refractivity contribution in [2.45, 2.75) is 26.9 Å². The quantitative estimate of drug-likeness (QED) is 0.692. The van der Waals surface area contributed by atoms with Crippen molar-refractivity contribution in [2.24, 2.45) is 0 Å². The first kappa shape index (κ1) is 18.3. The van der Waals surface area contributed by atoms with Gasteiger partial charge in [0.25, 0.3) is 5.56 Å². The SMILES string of the molecule is Cc1ccc2nc(C)c(=O)n(Cc3nc(CN4CCN(C)CC4)cs3)c2c1. The van der Waals surface area contributed by atoms with Crippen LogP contribution in [0.5, 0.6) is 0 Å². The van der Waals surface area contributed by atoms with Crippen molar-refractivity contribution in [2.75, 3.05) is 33.2 Å². The van der Waals surface area contributed by atoms with E-state index in [0.717, 1.165) is 60.0 Å². The summed E-state index contributed by atoms with van der Waals surface area (Å²) in [5.74, 6) is 0. The van der Waals surface area contributed by atoms with Gasteiger partial charge in [0.2, 0.25) is 0 Å². The maximum absolute atomic E-state index is 12.7. The van der Waals surface area contributed by atoms with E-state index in [-0.39, 0.29) is 5.56 Å². The van der Waals surface area contributed by atoms with Gasteiger partial charge in [-0.15, -0.1) is 11.3 Å². The fourth-order valence-corrected chi connectivity index (χ4v) is 4.27. The van der Waals surface area contributed by atoms with Crippen molar-refractivity contribution >= 4 is 22.4 Å². The number of thiazole rings is 1. The van der Waals surface area contributed by atoms with Gasteiger partial charge in [-0.1, -0.05) is 6.07 Å². The van der Waals surface area contributed by atoms with E-state index in [4.69, 9.17) is 4.98 Å². The van der Waals surface area contributed by atoms with Crippen LogP contribution in [0.15, 0.2) is 28.4 Å². The molecule has 7 heteroatoms. The second kappa shape index (κ2) is 7.50. The van der Waals surface area contributed by atoms with Crippen LogP contribution >= 0.6 is 11.3 Å². The first-order chi connectivity index (χ1) is 13.0. The van der Waals surface area contributed by atoms with Crippen molar-refractivity contribution in [1.29, 1.82) is 0 Å². The standard InChI is InChI=1S/C20H25N5OS/c1-14-4-5-17-18(10-14)25(20(26)15(2)21-17)12-19-22-16(13-27-19)11-24-8-6-23(3)7-9-24/h4-5,10,13H,6-9,11-12H2,1-3H3. The molecule has 2 aromatic heterocycles. The van der Waals surface area contributed by atoms with E-state index in [2.05, 4.69) is 27.2 Å². The predicted octanol–water partition coefficient (Wildman–Crippen LogP) is 2.27. The average molecular weight is 384 g/mol. The van der Waals surface area contributed by atoms with E-state index in [1.165, 1.54) is 0 Å². The Bertz CT molecular complexity index is 1020. The maximum atomic E-state index is 12.7. The highest BCUT2D eigenvalue weighted by Gasteiger charge is 2.16. The highest BCUT2D eigenvalue weighted by Crippen LogP contribution is 2.17. The van der Waals surface area contributed by atoms with Crippen LogP contribution in [-0.4, -0.2) is 57.6 Å². The minimum Gasteiger partial charge on any atom is -0.304 e. The Morgan fingerprint density at radius 3 is 2.63 bits per heavy atom.